The number of halogens is 1. The molecule has 1 atom stereocenters. The molecule has 3 aromatic rings. The van der Waals surface area contributed by atoms with E-state index in [0.717, 1.165) is 17.0 Å². The van der Waals surface area contributed by atoms with Gasteiger partial charge in [-0.1, -0.05) is 30.3 Å². The molecule has 0 spiro atoms. The van der Waals surface area contributed by atoms with Crippen LogP contribution in [0.5, 0.6) is 0 Å². The highest BCUT2D eigenvalue weighted by Gasteiger charge is 2.16. The van der Waals surface area contributed by atoms with Crippen molar-refractivity contribution in [1.29, 1.82) is 0 Å². The second-order valence-corrected chi connectivity index (χ2v) is 4.51. The van der Waals surface area contributed by atoms with Gasteiger partial charge in [0.05, 0.1) is 6.26 Å². The molecule has 3 heteroatoms. The van der Waals surface area contributed by atoms with Crippen LogP contribution in [-0.2, 0) is 0 Å². The van der Waals surface area contributed by atoms with Crippen LogP contribution in [0.4, 0.5) is 10.1 Å². The molecule has 0 aliphatic carbocycles. The van der Waals surface area contributed by atoms with Crippen molar-refractivity contribution in [3.8, 4) is 0 Å². The molecule has 0 aliphatic heterocycles. The fraction of sp³-hybridized carbons (Fsp3) is 0.0588. The van der Waals surface area contributed by atoms with E-state index >= 15 is 0 Å². The van der Waals surface area contributed by atoms with Gasteiger partial charge in [-0.25, -0.2) is 4.39 Å². The van der Waals surface area contributed by atoms with E-state index in [9.17, 15) is 4.39 Å². The van der Waals surface area contributed by atoms with Crippen molar-refractivity contribution >= 4 is 5.69 Å². The van der Waals surface area contributed by atoms with E-state index in [1.807, 2.05) is 42.5 Å². The second kappa shape index (κ2) is 5.61. The molecule has 0 bridgehead atoms. The van der Waals surface area contributed by atoms with Gasteiger partial charge in [0.25, 0.3) is 0 Å². The third-order valence-corrected chi connectivity index (χ3v) is 3.12. The smallest absolute Gasteiger partial charge is 0.130 e. The van der Waals surface area contributed by atoms with E-state index in [2.05, 4.69) is 5.32 Å². The molecule has 2 nitrogen and oxygen atoms in total. The molecular formula is C17H14FNO. The van der Waals surface area contributed by atoms with Crippen molar-refractivity contribution in [1.82, 2.24) is 0 Å². The van der Waals surface area contributed by atoms with E-state index in [1.54, 1.807) is 18.4 Å². The van der Waals surface area contributed by atoms with Crippen LogP contribution in [0.3, 0.4) is 0 Å². The standard InChI is InChI=1S/C17H14FNO/c18-14-8-10-15(11-9-14)19-17(16-7-4-12-20-16)13-5-2-1-3-6-13/h1-12,17,19H. The van der Waals surface area contributed by atoms with Gasteiger partial charge >= 0.3 is 0 Å². The van der Waals surface area contributed by atoms with Crippen LogP contribution in [0.1, 0.15) is 17.4 Å². The predicted octanol–water partition coefficient (Wildman–Crippen LogP) is 4.62. The topological polar surface area (TPSA) is 25.2 Å². The Bertz CT molecular complexity index is 647. The molecule has 0 radical (unpaired) electrons. The summed E-state index contributed by atoms with van der Waals surface area (Å²) in [5.74, 6) is 0.574. The van der Waals surface area contributed by atoms with Gasteiger partial charge in [-0.2, -0.15) is 0 Å². The Morgan fingerprint density at radius 3 is 2.25 bits per heavy atom. The Morgan fingerprint density at radius 2 is 1.60 bits per heavy atom. The maximum absolute atomic E-state index is 13.0. The summed E-state index contributed by atoms with van der Waals surface area (Å²) >= 11 is 0. The molecule has 2 aromatic carbocycles. The Kier molecular flexibility index (Phi) is 3.50. The zero-order valence-electron chi connectivity index (χ0n) is 10.8. The number of hydrogen-bond acceptors (Lipinski definition) is 2. The minimum atomic E-state index is -0.246. The van der Waals surface area contributed by atoms with Crippen LogP contribution in [0.15, 0.2) is 77.4 Å². The first-order valence-electron chi connectivity index (χ1n) is 6.43. The van der Waals surface area contributed by atoms with Crippen LogP contribution in [0.25, 0.3) is 0 Å². The molecule has 1 unspecified atom stereocenters. The van der Waals surface area contributed by atoms with Crippen LogP contribution in [0.2, 0.25) is 0 Å². The average Bonchev–Trinajstić information content (AvgIpc) is 3.01. The molecule has 1 aromatic heterocycles. The molecule has 3 rings (SSSR count). The molecule has 1 heterocycles. The largest absolute Gasteiger partial charge is 0.467 e. The summed E-state index contributed by atoms with van der Waals surface area (Å²) in [6.07, 6.45) is 1.65. The first-order valence-corrected chi connectivity index (χ1v) is 6.43. The number of benzene rings is 2. The number of furan rings is 1. The highest BCUT2D eigenvalue weighted by molar-refractivity contribution is 5.47. The van der Waals surface area contributed by atoms with E-state index in [4.69, 9.17) is 4.42 Å². The van der Waals surface area contributed by atoms with Crippen molar-refractivity contribution in [3.63, 3.8) is 0 Å². The lowest BCUT2D eigenvalue weighted by atomic mass is 10.0. The third kappa shape index (κ3) is 2.72. The maximum atomic E-state index is 13.0. The molecule has 1 N–H and O–H groups in total. The monoisotopic (exact) mass is 267 g/mol. The zero-order valence-corrected chi connectivity index (χ0v) is 10.8. The summed E-state index contributed by atoms with van der Waals surface area (Å²) < 4.78 is 18.5. The van der Waals surface area contributed by atoms with Gasteiger partial charge < -0.3 is 9.73 Å². The Labute approximate surface area is 116 Å². The van der Waals surface area contributed by atoms with Crippen molar-refractivity contribution in [3.05, 3.63) is 90.1 Å². The van der Waals surface area contributed by atoms with Crippen LogP contribution in [0, 0.1) is 5.82 Å². The molecule has 0 saturated heterocycles. The molecule has 0 aliphatic rings. The first-order chi connectivity index (χ1) is 9.83. The molecular weight excluding hydrogens is 253 g/mol. The van der Waals surface area contributed by atoms with E-state index in [-0.39, 0.29) is 11.9 Å². The predicted molar refractivity (Wildman–Crippen MR) is 77.0 cm³/mol. The highest BCUT2D eigenvalue weighted by atomic mass is 19.1. The van der Waals surface area contributed by atoms with Gasteiger partial charge in [0.1, 0.15) is 17.6 Å². The number of hydrogen-bond donors (Lipinski definition) is 1. The summed E-state index contributed by atoms with van der Waals surface area (Å²) in [6, 6.07) is 20.0. The lowest BCUT2D eigenvalue weighted by molar-refractivity contribution is 0.499. The normalized spacial score (nSPS) is 12.1. The van der Waals surface area contributed by atoms with Gasteiger partial charge in [-0.15, -0.1) is 0 Å². The quantitative estimate of drug-likeness (QED) is 0.746. The summed E-state index contributed by atoms with van der Waals surface area (Å²) in [4.78, 5) is 0. The van der Waals surface area contributed by atoms with Crippen molar-refractivity contribution in [2.24, 2.45) is 0 Å². The van der Waals surface area contributed by atoms with Gasteiger partial charge in [0.2, 0.25) is 0 Å². The summed E-state index contributed by atoms with van der Waals surface area (Å²) in [5.41, 5.74) is 1.93. The third-order valence-electron chi connectivity index (χ3n) is 3.12. The molecule has 20 heavy (non-hydrogen) atoms. The number of anilines is 1. The molecule has 0 saturated carbocycles. The summed E-state index contributed by atoms with van der Waals surface area (Å²) in [6.45, 7) is 0. The Morgan fingerprint density at radius 1 is 0.850 bits per heavy atom. The van der Waals surface area contributed by atoms with E-state index in [0.29, 0.717) is 0 Å². The van der Waals surface area contributed by atoms with Crippen LogP contribution in [-0.4, -0.2) is 0 Å². The Balaban J connectivity index is 1.92. The van der Waals surface area contributed by atoms with Gasteiger partial charge in [0.15, 0.2) is 0 Å². The van der Waals surface area contributed by atoms with Crippen LogP contribution < -0.4 is 5.32 Å². The van der Waals surface area contributed by atoms with Crippen LogP contribution >= 0.6 is 0 Å². The van der Waals surface area contributed by atoms with E-state index < -0.39 is 0 Å². The average molecular weight is 267 g/mol. The van der Waals surface area contributed by atoms with Crippen molar-refractivity contribution in [2.45, 2.75) is 6.04 Å². The second-order valence-electron chi connectivity index (χ2n) is 4.51. The molecule has 100 valence electrons. The molecule has 0 fully saturated rings. The van der Waals surface area contributed by atoms with Gasteiger partial charge in [-0.3, -0.25) is 0 Å². The number of nitrogens with one attached hydrogen (secondary N) is 1. The zero-order chi connectivity index (χ0) is 13.8. The molecule has 0 amide bonds. The number of rotatable bonds is 4. The first kappa shape index (κ1) is 12.5. The lowest BCUT2D eigenvalue weighted by Crippen LogP contribution is -2.11. The summed E-state index contributed by atoms with van der Waals surface area (Å²) in [7, 11) is 0. The van der Waals surface area contributed by atoms with Crippen molar-refractivity contribution < 1.29 is 8.81 Å². The van der Waals surface area contributed by atoms with E-state index in [1.165, 1.54) is 12.1 Å². The SMILES string of the molecule is Fc1ccc(NC(c2ccccc2)c2ccco2)cc1. The fourth-order valence-corrected chi connectivity index (χ4v) is 2.13. The minimum absolute atomic E-state index is 0.100. The Hall–Kier alpha value is -2.55. The van der Waals surface area contributed by atoms with Gasteiger partial charge in [-0.05, 0) is 42.0 Å². The highest BCUT2D eigenvalue weighted by Crippen LogP contribution is 2.26. The fourth-order valence-electron chi connectivity index (χ4n) is 2.13. The maximum Gasteiger partial charge on any atom is 0.130 e. The van der Waals surface area contributed by atoms with Gasteiger partial charge in [0, 0.05) is 5.69 Å². The summed E-state index contributed by atoms with van der Waals surface area (Å²) in [5, 5.41) is 3.36. The van der Waals surface area contributed by atoms with Crippen molar-refractivity contribution in [2.75, 3.05) is 5.32 Å². The minimum Gasteiger partial charge on any atom is -0.467 e. The lowest BCUT2D eigenvalue weighted by Gasteiger charge is -2.18.